The molecule has 3 atom stereocenters. The molecule has 0 radical (unpaired) electrons. The van der Waals surface area contributed by atoms with E-state index in [9.17, 15) is 4.79 Å². The van der Waals surface area contributed by atoms with Gasteiger partial charge in [0.25, 0.3) is 0 Å². The Morgan fingerprint density at radius 2 is 2.00 bits per heavy atom. The number of carboxylic acid groups (broad SMARTS) is 1. The Morgan fingerprint density at radius 1 is 1.35 bits per heavy atom. The van der Waals surface area contributed by atoms with Crippen LogP contribution in [0, 0.1) is 5.92 Å². The second kappa shape index (κ2) is 9.07. The van der Waals surface area contributed by atoms with Crippen LogP contribution in [0.5, 0.6) is 0 Å². The predicted octanol–water partition coefficient (Wildman–Crippen LogP) is 4.97. The van der Waals surface area contributed by atoms with Crippen LogP contribution >= 0.6 is 0 Å². The Kier molecular flexibility index (Phi) is 8.08. The zero-order valence-corrected chi connectivity index (χ0v) is 18.1. The second-order valence-corrected chi connectivity index (χ2v) is 22.6. The van der Waals surface area contributed by atoms with E-state index in [1.807, 2.05) is 0 Å². The monoisotopic (exact) mass is 428 g/mol. The van der Waals surface area contributed by atoms with Gasteiger partial charge in [-0.05, 0) is 6.92 Å². The molecule has 1 aliphatic rings. The standard InChI is InChI=1S/C16H23O3.3CH3.Sn/c1-4-8-12(2)11-15-14(19-15)10-7-5-6-9-13(3)16(17)18;;;;/h7,9-10,12,14-15H,1,5-6,8,11H2,2-3H3,(H,17,18);3*1H3;/b10-7+,13-9+;;;;/t12-,14+,15+;;;;/m1..../s1. The molecule has 1 fully saturated rings. The first-order chi connectivity index (χ1) is 10.6. The summed E-state index contributed by atoms with van der Waals surface area (Å²) < 4.78 is 7.23. The topological polar surface area (TPSA) is 49.8 Å². The van der Waals surface area contributed by atoms with Crippen molar-refractivity contribution in [1.29, 1.82) is 0 Å². The van der Waals surface area contributed by atoms with Crippen molar-refractivity contribution in [2.75, 3.05) is 0 Å². The summed E-state index contributed by atoms with van der Waals surface area (Å²) in [6, 6.07) is 0. The van der Waals surface area contributed by atoms with E-state index < -0.39 is 24.3 Å². The fraction of sp³-hybridized carbons (Fsp3) is 0.632. The normalized spacial score (nSPS) is 23.1. The summed E-state index contributed by atoms with van der Waals surface area (Å²) in [6.45, 7) is 8.23. The molecule has 23 heavy (non-hydrogen) atoms. The van der Waals surface area contributed by atoms with Crippen molar-refractivity contribution < 1.29 is 14.6 Å². The molecule has 0 amide bonds. The molecule has 0 spiro atoms. The molecule has 0 bridgehead atoms. The molecule has 1 aliphatic heterocycles. The van der Waals surface area contributed by atoms with Crippen molar-refractivity contribution in [3.63, 3.8) is 0 Å². The fourth-order valence-electron chi connectivity index (χ4n) is 2.44. The van der Waals surface area contributed by atoms with Crippen LogP contribution < -0.4 is 0 Å². The molecule has 0 saturated carbocycles. The summed E-state index contributed by atoms with van der Waals surface area (Å²) in [5.74, 6) is -0.196. The summed E-state index contributed by atoms with van der Waals surface area (Å²) in [5.41, 5.74) is 0.414. The van der Waals surface area contributed by atoms with Crippen LogP contribution in [0.3, 0.4) is 0 Å². The number of carbonyl (C=O) groups is 1. The van der Waals surface area contributed by atoms with Gasteiger partial charge in [0.2, 0.25) is 0 Å². The second-order valence-electron chi connectivity index (χ2n) is 7.74. The quantitative estimate of drug-likeness (QED) is 0.176. The number of allylic oxidation sites excluding steroid dienone is 3. The van der Waals surface area contributed by atoms with Gasteiger partial charge in [-0.15, -0.1) is 0 Å². The Balaban J connectivity index is 2.22. The van der Waals surface area contributed by atoms with E-state index in [0.717, 1.165) is 25.7 Å². The molecule has 4 heteroatoms. The van der Waals surface area contributed by atoms with Crippen LogP contribution in [0.15, 0.2) is 34.0 Å². The van der Waals surface area contributed by atoms with Gasteiger partial charge in [-0.25, -0.2) is 4.79 Å². The van der Waals surface area contributed by atoms with Crippen molar-refractivity contribution in [2.45, 2.75) is 66.6 Å². The van der Waals surface area contributed by atoms with Gasteiger partial charge in [-0.2, -0.15) is 0 Å². The van der Waals surface area contributed by atoms with Crippen LogP contribution in [0.2, 0.25) is 14.8 Å². The molecular formula is C19H32O3Sn. The van der Waals surface area contributed by atoms with Gasteiger partial charge in [0.15, 0.2) is 0 Å². The molecular weight excluding hydrogens is 395 g/mol. The number of hydrogen-bond donors (Lipinski definition) is 1. The fourth-order valence-corrected chi connectivity index (χ4v) is 5.18. The summed E-state index contributed by atoms with van der Waals surface area (Å²) in [5, 5.41) is 8.76. The molecule has 1 N–H and O–H groups in total. The zero-order chi connectivity index (χ0) is 17.6. The van der Waals surface area contributed by atoms with Crippen LogP contribution in [-0.2, 0) is 9.53 Å². The van der Waals surface area contributed by atoms with Crippen LogP contribution in [0.4, 0.5) is 0 Å². The minimum atomic E-state index is -1.93. The third kappa shape index (κ3) is 8.20. The van der Waals surface area contributed by atoms with Crippen LogP contribution in [0.25, 0.3) is 0 Å². The number of carboxylic acids is 1. The first kappa shape index (κ1) is 20.5. The number of aliphatic carboxylic acids is 1. The zero-order valence-electron chi connectivity index (χ0n) is 15.3. The van der Waals surface area contributed by atoms with E-state index in [2.05, 4.69) is 40.5 Å². The Morgan fingerprint density at radius 3 is 2.57 bits per heavy atom. The van der Waals surface area contributed by atoms with Crippen molar-refractivity contribution in [1.82, 2.24) is 0 Å². The Bertz CT molecular complexity index is 485. The number of ether oxygens (including phenoxy) is 1. The third-order valence-corrected chi connectivity index (χ3v) is 11.0. The molecule has 0 aromatic heterocycles. The Labute approximate surface area is 145 Å². The van der Waals surface area contributed by atoms with Gasteiger partial charge in [-0.3, -0.25) is 0 Å². The van der Waals surface area contributed by atoms with Crippen molar-refractivity contribution in [2.24, 2.45) is 5.92 Å². The first-order valence-electron chi connectivity index (χ1n) is 8.51. The summed E-state index contributed by atoms with van der Waals surface area (Å²) in [7, 11) is 0. The molecule has 3 nitrogen and oxygen atoms in total. The average molecular weight is 427 g/mol. The molecule has 0 aromatic rings. The van der Waals surface area contributed by atoms with Crippen LogP contribution in [-0.4, -0.2) is 41.7 Å². The van der Waals surface area contributed by atoms with E-state index in [1.54, 1.807) is 13.0 Å². The van der Waals surface area contributed by atoms with Gasteiger partial charge in [0.1, 0.15) is 0 Å². The van der Waals surface area contributed by atoms with Gasteiger partial charge in [0, 0.05) is 0 Å². The van der Waals surface area contributed by atoms with Crippen molar-refractivity contribution in [3.05, 3.63) is 34.0 Å². The van der Waals surface area contributed by atoms with E-state index in [0.29, 0.717) is 17.6 Å². The van der Waals surface area contributed by atoms with Crippen molar-refractivity contribution >= 4 is 24.3 Å². The number of unbranched alkanes of at least 4 members (excludes halogenated alkanes) is 1. The van der Waals surface area contributed by atoms with Crippen LogP contribution in [0.1, 0.15) is 39.5 Å². The molecule has 0 aromatic carbocycles. The van der Waals surface area contributed by atoms with Crippen molar-refractivity contribution in [3.8, 4) is 0 Å². The maximum absolute atomic E-state index is 10.7. The molecule has 0 unspecified atom stereocenters. The molecule has 130 valence electrons. The van der Waals surface area contributed by atoms with E-state index >= 15 is 0 Å². The minimum absolute atomic E-state index is 0.258. The van der Waals surface area contributed by atoms with E-state index in [4.69, 9.17) is 9.84 Å². The molecule has 1 saturated heterocycles. The summed E-state index contributed by atoms with van der Waals surface area (Å²) >= 11 is -1.93. The van der Waals surface area contributed by atoms with E-state index in [1.165, 1.54) is 3.59 Å². The summed E-state index contributed by atoms with van der Waals surface area (Å²) in [6.07, 6.45) is 10.5. The Hall–Kier alpha value is -0.551. The van der Waals surface area contributed by atoms with Gasteiger partial charge in [0.05, 0.1) is 0 Å². The number of rotatable bonds is 10. The maximum atomic E-state index is 10.7. The molecule has 1 heterocycles. The average Bonchev–Trinajstić information content (AvgIpc) is 3.14. The molecule has 0 aliphatic carbocycles. The third-order valence-electron chi connectivity index (χ3n) is 4.36. The SMILES string of the molecule is C=[C](C[C@@H](C)C[C@@H]1O[C@H]1/C=C/CC/C=C(\C)C(=O)O)[Sn]([CH3])([CH3])[CH3]. The van der Waals surface area contributed by atoms with Gasteiger partial charge < -0.3 is 5.11 Å². The van der Waals surface area contributed by atoms with E-state index in [-0.39, 0.29) is 6.10 Å². The van der Waals surface area contributed by atoms with Gasteiger partial charge in [-0.1, -0.05) is 0 Å². The number of hydrogen-bond acceptors (Lipinski definition) is 2. The first-order valence-corrected chi connectivity index (χ1v) is 18.5. The summed E-state index contributed by atoms with van der Waals surface area (Å²) in [4.78, 5) is 17.9. The number of epoxide rings is 1. The van der Waals surface area contributed by atoms with Gasteiger partial charge >= 0.3 is 129 Å². The predicted molar refractivity (Wildman–Crippen MR) is 99.3 cm³/mol. The molecule has 1 rings (SSSR count).